The number of alkyl halides is 3. The fraction of sp³-hybridized carbons (Fsp3) is 0.474. The number of hydrogen-bond acceptors (Lipinski definition) is 4. The molecule has 1 saturated carbocycles. The lowest BCUT2D eigenvalue weighted by molar-refractivity contribution is -0.141. The van der Waals surface area contributed by atoms with Crippen molar-refractivity contribution in [1.82, 2.24) is 14.1 Å². The Morgan fingerprint density at radius 3 is 2.37 bits per heavy atom. The molecule has 1 aromatic heterocycles. The van der Waals surface area contributed by atoms with Gasteiger partial charge >= 0.3 is 6.18 Å². The summed E-state index contributed by atoms with van der Waals surface area (Å²) in [6.07, 6.45) is 1.31. The Hall–Kier alpha value is -2.40. The van der Waals surface area contributed by atoms with E-state index in [4.69, 9.17) is 0 Å². The molecule has 0 radical (unpaired) electrons. The molecule has 0 bridgehead atoms. The van der Waals surface area contributed by atoms with E-state index in [-0.39, 0.29) is 10.9 Å². The normalized spacial score (nSPS) is 16.0. The van der Waals surface area contributed by atoms with E-state index in [2.05, 4.69) is 10.4 Å². The van der Waals surface area contributed by atoms with Gasteiger partial charge in [-0.05, 0) is 43.2 Å². The molecule has 1 amide bonds. The summed E-state index contributed by atoms with van der Waals surface area (Å²) in [6.45, 7) is -0.402. The van der Waals surface area contributed by atoms with E-state index in [1.807, 2.05) is 0 Å². The molecule has 0 aliphatic heterocycles. The third-order valence-electron chi connectivity index (χ3n) is 5.14. The molecule has 1 aromatic carbocycles. The Kier molecular flexibility index (Phi) is 6.51. The van der Waals surface area contributed by atoms with E-state index >= 15 is 0 Å². The first-order valence-electron chi connectivity index (χ1n) is 9.56. The molecule has 1 aliphatic rings. The molecule has 1 N–H and O–H groups in total. The van der Waals surface area contributed by atoms with Crippen molar-refractivity contribution in [3.63, 3.8) is 0 Å². The standard InChI is InChI=1S/C19H23F3N4O3S/c1-25(15-5-3-2-4-6-15)30(28,29)16-9-7-14(8-10-16)23-18(27)13-26-12-11-17(24-26)19(20,21)22/h7-12,15H,2-6,13H2,1H3,(H,23,27). The van der Waals surface area contributed by atoms with Gasteiger partial charge in [0.2, 0.25) is 15.9 Å². The zero-order valence-corrected chi connectivity index (χ0v) is 17.2. The van der Waals surface area contributed by atoms with Crippen molar-refractivity contribution in [2.24, 2.45) is 0 Å². The van der Waals surface area contributed by atoms with Crippen LogP contribution >= 0.6 is 0 Å². The quantitative estimate of drug-likeness (QED) is 0.739. The minimum absolute atomic E-state index is 0.0150. The zero-order chi connectivity index (χ0) is 21.9. The van der Waals surface area contributed by atoms with Crippen molar-refractivity contribution in [3.05, 3.63) is 42.2 Å². The first-order valence-corrected chi connectivity index (χ1v) is 11.0. The number of hydrogen-bond donors (Lipinski definition) is 1. The number of halogens is 3. The molecule has 2 aromatic rings. The highest BCUT2D eigenvalue weighted by atomic mass is 32.2. The number of rotatable bonds is 6. The Labute approximate surface area is 172 Å². The van der Waals surface area contributed by atoms with Crippen molar-refractivity contribution >= 4 is 21.6 Å². The smallest absolute Gasteiger partial charge is 0.324 e. The topological polar surface area (TPSA) is 84.3 Å². The number of carbonyl (C=O) groups excluding carboxylic acids is 1. The van der Waals surface area contributed by atoms with Crippen LogP contribution in [0.5, 0.6) is 0 Å². The number of nitrogens with zero attached hydrogens (tertiary/aromatic N) is 3. The Morgan fingerprint density at radius 1 is 1.17 bits per heavy atom. The molecule has 0 unspecified atom stereocenters. The number of carbonyl (C=O) groups is 1. The van der Waals surface area contributed by atoms with E-state index in [0.717, 1.165) is 49.0 Å². The van der Waals surface area contributed by atoms with Crippen LogP contribution in [0, 0.1) is 0 Å². The molecule has 0 saturated heterocycles. The van der Waals surface area contributed by atoms with E-state index < -0.39 is 34.3 Å². The molecule has 30 heavy (non-hydrogen) atoms. The molecule has 0 spiro atoms. The minimum Gasteiger partial charge on any atom is -0.324 e. The van der Waals surface area contributed by atoms with Gasteiger partial charge in [0.15, 0.2) is 5.69 Å². The lowest BCUT2D eigenvalue weighted by Crippen LogP contribution is -2.38. The van der Waals surface area contributed by atoms with Gasteiger partial charge in [0.05, 0.1) is 4.90 Å². The predicted octanol–water partition coefficient (Wildman–Crippen LogP) is 3.49. The number of anilines is 1. The molecule has 1 heterocycles. The first kappa shape index (κ1) is 22.3. The van der Waals surface area contributed by atoms with Crippen LogP contribution in [-0.4, -0.2) is 41.5 Å². The SMILES string of the molecule is CN(C1CCCCC1)S(=O)(=O)c1ccc(NC(=O)Cn2ccc(C(F)(F)F)n2)cc1. The summed E-state index contributed by atoms with van der Waals surface area (Å²) in [5, 5.41) is 5.84. The fourth-order valence-electron chi connectivity index (χ4n) is 3.47. The third kappa shape index (κ3) is 5.20. The first-order chi connectivity index (χ1) is 14.1. The van der Waals surface area contributed by atoms with Crippen LogP contribution in [0.1, 0.15) is 37.8 Å². The summed E-state index contributed by atoms with van der Waals surface area (Å²) < 4.78 is 65.6. The average Bonchev–Trinajstić information content (AvgIpc) is 3.17. The summed E-state index contributed by atoms with van der Waals surface area (Å²) in [5.41, 5.74) is -0.741. The summed E-state index contributed by atoms with van der Waals surface area (Å²) in [6, 6.07) is 6.47. The van der Waals surface area contributed by atoms with Gasteiger partial charge in [-0.1, -0.05) is 19.3 Å². The number of benzene rings is 1. The maximum atomic E-state index is 12.8. The molecule has 3 rings (SSSR count). The van der Waals surface area contributed by atoms with Crippen LogP contribution in [0.3, 0.4) is 0 Å². The van der Waals surface area contributed by atoms with Gasteiger partial charge in [0.1, 0.15) is 6.54 Å². The monoisotopic (exact) mass is 444 g/mol. The van der Waals surface area contributed by atoms with Crippen LogP contribution in [0.4, 0.5) is 18.9 Å². The fourth-order valence-corrected chi connectivity index (χ4v) is 4.88. The van der Waals surface area contributed by atoms with E-state index in [1.54, 1.807) is 7.05 Å². The highest BCUT2D eigenvalue weighted by Crippen LogP contribution is 2.28. The molecule has 1 fully saturated rings. The second kappa shape index (κ2) is 8.76. The van der Waals surface area contributed by atoms with E-state index in [1.165, 1.54) is 28.6 Å². The average molecular weight is 444 g/mol. The largest absolute Gasteiger partial charge is 0.435 e. The lowest BCUT2D eigenvalue weighted by Gasteiger charge is -2.30. The summed E-state index contributed by atoms with van der Waals surface area (Å²) >= 11 is 0. The Morgan fingerprint density at radius 2 is 1.80 bits per heavy atom. The van der Waals surface area contributed by atoms with Gasteiger partial charge in [-0.25, -0.2) is 8.42 Å². The summed E-state index contributed by atoms with van der Waals surface area (Å²) in [4.78, 5) is 12.2. The van der Waals surface area contributed by atoms with Crippen LogP contribution in [0.15, 0.2) is 41.4 Å². The van der Waals surface area contributed by atoms with Crippen molar-refractivity contribution in [3.8, 4) is 0 Å². The molecule has 11 heteroatoms. The minimum atomic E-state index is -4.58. The van der Waals surface area contributed by atoms with Crippen LogP contribution in [0.2, 0.25) is 0 Å². The molecule has 0 atom stereocenters. The molecular formula is C19H23F3N4O3S. The maximum Gasteiger partial charge on any atom is 0.435 e. The molecule has 7 nitrogen and oxygen atoms in total. The van der Waals surface area contributed by atoms with Gasteiger partial charge < -0.3 is 5.32 Å². The number of sulfonamides is 1. The highest BCUT2D eigenvalue weighted by molar-refractivity contribution is 7.89. The predicted molar refractivity (Wildman–Crippen MR) is 104 cm³/mol. The molecule has 1 aliphatic carbocycles. The maximum absolute atomic E-state index is 12.8. The molecular weight excluding hydrogens is 421 g/mol. The Bertz CT molecular complexity index is 981. The van der Waals surface area contributed by atoms with Gasteiger partial charge in [-0.15, -0.1) is 0 Å². The van der Waals surface area contributed by atoms with Gasteiger partial charge in [0.25, 0.3) is 0 Å². The van der Waals surface area contributed by atoms with Crippen LogP contribution < -0.4 is 5.32 Å². The second-order valence-corrected chi connectivity index (χ2v) is 9.28. The van der Waals surface area contributed by atoms with Crippen LogP contribution in [0.25, 0.3) is 0 Å². The summed E-state index contributed by atoms with van der Waals surface area (Å²) in [5.74, 6) is -0.582. The number of amides is 1. The highest BCUT2D eigenvalue weighted by Gasteiger charge is 2.33. The zero-order valence-electron chi connectivity index (χ0n) is 16.4. The molecule has 164 valence electrons. The van der Waals surface area contributed by atoms with Gasteiger partial charge in [-0.2, -0.15) is 22.6 Å². The number of aromatic nitrogens is 2. The lowest BCUT2D eigenvalue weighted by atomic mass is 9.96. The summed E-state index contributed by atoms with van der Waals surface area (Å²) in [7, 11) is -2.06. The Balaban J connectivity index is 1.62. The van der Waals surface area contributed by atoms with Gasteiger partial charge in [-0.3, -0.25) is 9.48 Å². The third-order valence-corrected chi connectivity index (χ3v) is 7.06. The van der Waals surface area contributed by atoms with Crippen molar-refractivity contribution in [2.45, 2.75) is 55.8 Å². The number of nitrogens with one attached hydrogen (secondary N) is 1. The van der Waals surface area contributed by atoms with Crippen LogP contribution in [-0.2, 0) is 27.5 Å². The van der Waals surface area contributed by atoms with Crippen molar-refractivity contribution in [2.75, 3.05) is 12.4 Å². The van der Waals surface area contributed by atoms with E-state index in [0.29, 0.717) is 5.69 Å². The van der Waals surface area contributed by atoms with Crippen molar-refractivity contribution in [1.29, 1.82) is 0 Å². The van der Waals surface area contributed by atoms with E-state index in [9.17, 15) is 26.4 Å². The van der Waals surface area contributed by atoms with Gasteiger partial charge in [0, 0.05) is 25.0 Å². The van der Waals surface area contributed by atoms with Crippen molar-refractivity contribution < 1.29 is 26.4 Å². The second-order valence-electron chi connectivity index (χ2n) is 7.28.